The van der Waals surface area contributed by atoms with Gasteiger partial charge in [-0.1, -0.05) is 39.8 Å². The van der Waals surface area contributed by atoms with Gasteiger partial charge in [0.05, 0.1) is 29.0 Å². The van der Waals surface area contributed by atoms with Crippen molar-refractivity contribution in [2.75, 3.05) is 5.73 Å². The standard InChI is InChI=1S/C18H15ClN2O.C10H12N2O/c1-11(2)15-7-13(10-20)8-16-17(15)22-18(21-16)14-5-3-12(9-19)4-6-14;1-6(2)8-3-7(5-11)4-9(12)10(8)13/h3-8,11H,9H2,1-2H3;3-4,6,13H,12H2,1-2H3. The van der Waals surface area contributed by atoms with Gasteiger partial charge in [0.1, 0.15) is 11.3 Å². The second-order valence-electron chi connectivity index (χ2n) is 8.80. The Kier molecular flexibility index (Phi) is 8.02. The third kappa shape index (κ3) is 5.74. The van der Waals surface area contributed by atoms with Crippen LogP contribution < -0.4 is 5.73 Å². The van der Waals surface area contributed by atoms with E-state index in [0.29, 0.717) is 22.9 Å². The van der Waals surface area contributed by atoms with Crippen LogP contribution >= 0.6 is 11.6 Å². The van der Waals surface area contributed by atoms with Crippen LogP contribution in [0.5, 0.6) is 5.75 Å². The molecule has 3 N–H and O–H groups in total. The van der Waals surface area contributed by atoms with E-state index in [-0.39, 0.29) is 23.3 Å². The quantitative estimate of drug-likeness (QED) is 0.179. The molecule has 6 nitrogen and oxygen atoms in total. The number of aromatic hydroxyl groups is 1. The van der Waals surface area contributed by atoms with Crippen LogP contribution in [0, 0.1) is 22.7 Å². The summed E-state index contributed by atoms with van der Waals surface area (Å²) >= 11 is 5.81. The van der Waals surface area contributed by atoms with E-state index in [9.17, 15) is 5.11 Å². The summed E-state index contributed by atoms with van der Waals surface area (Å²) in [6, 6.07) is 18.8. The van der Waals surface area contributed by atoms with Gasteiger partial charge >= 0.3 is 0 Å². The van der Waals surface area contributed by atoms with E-state index in [1.807, 2.05) is 50.2 Å². The maximum atomic E-state index is 9.55. The van der Waals surface area contributed by atoms with Crippen molar-refractivity contribution in [3.8, 4) is 29.3 Å². The molecule has 1 heterocycles. The third-order valence-corrected chi connectivity index (χ3v) is 5.85. The van der Waals surface area contributed by atoms with Crippen molar-refractivity contribution in [1.29, 1.82) is 10.5 Å². The van der Waals surface area contributed by atoms with E-state index < -0.39 is 0 Å². The number of nitrogen functional groups attached to an aromatic ring is 1. The summed E-state index contributed by atoms with van der Waals surface area (Å²) in [5.74, 6) is 1.56. The maximum absolute atomic E-state index is 9.55. The molecule has 0 spiro atoms. The highest BCUT2D eigenvalue weighted by Crippen LogP contribution is 2.32. The Morgan fingerprint density at radius 3 is 2.06 bits per heavy atom. The number of fused-ring (bicyclic) bond motifs is 1. The summed E-state index contributed by atoms with van der Waals surface area (Å²) < 4.78 is 5.97. The first-order chi connectivity index (χ1) is 16.7. The highest BCUT2D eigenvalue weighted by atomic mass is 35.5. The second kappa shape index (κ2) is 11.0. The molecule has 0 radical (unpaired) electrons. The first kappa shape index (κ1) is 25.6. The molecule has 1 aromatic heterocycles. The molecule has 0 amide bonds. The molecule has 0 saturated heterocycles. The molecular formula is C28H27ClN4O2. The zero-order chi connectivity index (χ0) is 25.7. The number of nitrogens with two attached hydrogens (primary N) is 1. The SMILES string of the molecule is CC(C)c1cc(C#N)cc(N)c1O.CC(C)c1cc(C#N)cc2nc(-c3ccc(CCl)cc3)oc12. The molecule has 0 aliphatic carbocycles. The number of oxazole rings is 1. The number of hydrogen-bond donors (Lipinski definition) is 2. The molecule has 4 rings (SSSR count). The van der Waals surface area contributed by atoms with Crippen molar-refractivity contribution in [3.05, 3.63) is 76.3 Å². The largest absolute Gasteiger partial charge is 0.505 e. The molecule has 178 valence electrons. The lowest BCUT2D eigenvalue weighted by Crippen LogP contribution is -1.95. The van der Waals surface area contributed by atoms with Crippen LogP contribution in [-0.2, 0) is 5.88 Å². The second-order valence-corrected chi connectivity index (χ2v) is 9.07. The molecule has 0 unspecified atom stereocenters. The number of phenols is 1. The van der Waals surface area contributed by atoms with E-state index in [1.54, 1.807) is 12.1 Å². The third-order valence-electron chi connectivity index (χ3n) is 5.55. The fourth-order valence-electron chi connectivity index (χ4n) is 3.60. The Hall–Kier alpha value is -4.00. The monoisotopic (exact) mass is 486 g/mol. The number of rotatable bonds is 4. The normalized spacial score (nSPS) is 10.7. The summed E-state index contributed by atoms with van der Waals surface area (Å²) in [4.78, 5) is 4.54. The number of anilines is 1. The highest BCUT2D eigenvalue weighted by Gasteiger charge is 2.15. The minimum atomic E-state index is 0.0917. The number of aromatic nitrogens is 1. The highest BCUT2D eigenvalue weighted by molar-refractivity contribution is 6.17. The van der Waals surface area contributed by atoms with E-state index >= 15 is 0 Å². The minimum absolute atomic E-state index is 0.0917. The molecule has 3 aromatic carbocycles. The Bertz CT molecular complexity index is 1420. The van der Waals surface area contributed by atoms with Crippen molar-refractivity contribution < 1.29 is 9.52 Å². The van der Waals surface area contributed by atoms with Crippen LogP contribution in [0.2, 0.25) is 0 Å². The number of hydrogen-bond acceptors (Lipinski definition) is 6. The predicted octanol–water partition coefficient (Wildman–Crippen LogP) is 7.20. The van der Waals surface area contributed by atoms with Gasteiger partial charge < -0.3 is 15.3 Å². The molecule has 0 fully saturated rings. The summed E-state index contributed by atoms with van der Waals surface area (Å²) in [5.41, 5.74) is 12.0. The number of phenolic OH excluding ortho intramolecular Hbond substituents is 1. The fourth-order valence-corrected chi connectivity index (χ4v) is 3.77. The Labute approximate surface area is 210 Å². The molecule has 4 aromatic rings. The van der Waals surface area contributed by atoms with Gasteiger partial charge in [0.25, 0.3) is 0 Å². The van der Waals surface area contributed by atoms with Crippen molar-refractivity contribution in [2.45, 2.75) is 45.4 Å². The molecule has 0 aliphatic heterocycles. The van der Waals surface area contributed by atoms with E-state index in [1.165, 1.54) is 6.07 Å². The van der Waals surface area contributed by atoms with Gasteiger partial charge in [-0.05, 0) is 59.4 Å². The predicted molar refractivity (Wildman–Crippen MR) is 139 cm³/mol. The van der Waals surface area contributed by atoms with Crippen LogP contribution in [0.4, 0.5) is 5.69 Å². The van der Waals surface area contributed by atoms with Crippen LogP contribution in [0.25, 0.3) is 22.6 Å². The van der Waals surface area contributed by atoms with Gasteiger partial charge in [-0.15, -0.1) is 11.6 Å². The van der Waals surface area contributed by atoms with Gasteiger partial charge in [0.2, 0.25) is 5.89 Å². The topological polar surface area (TPSA) is 120 Å². The van der Waals surface area contributed by atoms with E-state index in [0.717, 1.165) is 33.4 Å². The maximum Gasteiger partial charge on any atom is 0.227 e. The number of benzene rings is 3. The van der Waals surface area contributed by atoms with Crippen LogP contribution in [-0.4, -0.2) is 10.1 Å². The molecule has 0 bridgehead atoms. The summed E-state index contributed by atoms with van der Waals surface area (Å²) in [5, 5.41) is 27.4. The average Bonchev–Trinajstić information content (AvgIpc) is 3.29. The fraction of sp³-hybridized carbons (Fsp3) is 0.250. The number of nitriles is 2. The molecule has 0 saturated carbocycles. The average molecular weight is 487 g/mol. The van der Waals surface area contributed by atoms with Crippen LogP contribution in [0.15, 0.2) is 52.9 Å². The van der Waals surface area contributed by atoms with Gasteiger partial charge in [0.15, 0.2) is 5.58 Å². The number of halogens is 1. The van der Waals surface area contributed by atoms with Crippen molar-refractivity contribution >= 4 is 28.4 Å². The Morgan fingerprint density at radius 1 is 0.943 bits per heavy atom. The lowest BCUT2D eigenvalue weighted by atomic mass is 9.99. The summed E-state index contributed by atoms with van der Waals surface area (Å²) in [6.45, 7) is 8.03. The molecule has 0 aliphatic rings. The first-order valence-corrected chi connectivity index (χ1v) is 11.7. The summed E-state index contributed by atoms with van der Waals surface area (Å²) in [7, 11) is 0. The van der Waals surface area contributed by atoms with Crippen molar-refractivity contribution in [1.82, 2.24) is 4.98 Å². The van der Waals surface area contributed by atoms with E-state index in [2.05, 4.69) is 24.9 Å². The van der Waals surface area contributed by atoms with Crippen molar-refractivity contribution in [3.63, 3.8) is 0 Å². The van der Waals surface area contributed by atoms with Crippen LogP contribution in [0.3, 0.4) is 0 Å². The van der Waals surface area contributed by atoms with Crippen LogP contribution in [0.1, 0.15) is 67.3 Å². The lowest BCUT2D eigenvalue weighted by molar-refractivity contribution is 0.467. The van der Waals surface area contributed by atoms with Crippen molar-refractivity contribution in [2.24, 2.45) is 0 Å². The molecular weight excluding hydrogens is 460 g/mol. The minimum Gasteiger partial charge on any atom is -0.505 e. The Morgan fingerprint density at radius 2 is 1.51 bits per heavy atom. The zero-order valence-corrected chi connectivity index (χ0v) is 20.9. The van der Waals surface area contributed by atoms with Gasteiger partial charge in [0, 0.05) is 17.0 Å². The van der Waals surface area contributed by atoms with E-state index in [4.69, 9.17) is 32.3 Å². The first-order valence-electron chi connectivity index (χ1n) is 11.2. The number of nitrogens with zero attached hydrogens (tertiary/aromatic N) is 3. The lowest BCUT2D eigenvalue weighted by Gasteiger charge is -2.10. The summed E-state index contributed by atoms with van der Waals surface area (Å²) in [6.07, 6.45) is 0. The molecule has 0 atom stereocenters. The zero-order valence-electron chi connectivity index (χ0n) is 20.1. The molecule has 7 heteroatoms. The van der Waals surface area contributed by atoms with Gasteiger partial charge in [-0.2, -0.15) is 10.5 Å². The van der Waals surface area contributed by atoms with Gasteiger partial charge in [-0.25, -0.2) is 4.98 Å². The Balaban J connectivity index is 0.000000225. The number of alkyl halides is 1. The van der Waals surface area contributed by atoms with Gasteiger partial charge in [-0.3, -0.25) is 0 Å². The smallest absolute Gasteiger partial charge is 0.227 e. The molecule has 35 heavy (non-hydrogen) atoms.